The molecule has 7 nitrogen and oxygen atoms in total. The van der Waals surface area contributed by atoms with Crippen molar-refractivity contribution >= 4 is 17.5 Å². The third-order valence-electron chi connectivity index (χ3n) is 4.39. The highest BCUT2D eigenvalue weighted by Gasteiger charge is 2.15. The van der Waals surface area contributed by atoms with E-state index in [1.54, 1.807) is 30.3 Å². The van der Waals surface area contributed by atoms with Crippen molar-refractivity contribution in [3.8, 4) is 5.75 Å². The van der Waals surface area contributed by atoms with Crippen LogP contribution in [0.4, 0.5) is 10.1 Å². The van der Waals surface area contributed by atoms with E-state index in [-0.39, 0.29) is 29.8 Å². The Balaban J connectivity index is 1.53. The number of benzene rings is 2. The fourth-order valence-electron chi connectivity index (χ4n) is 2.52. The highest BCUT2D eigenvalue weighted by atomic mass is 19.1. The van der Waals surface area contributed by atoms with Gasteiger partial charge < -0.3 is 19.9 Å². The highest BCUT2D eigenvalue weighted by Crippen LogP contribution is 2.18. The number of nitrogens with one attached hydrogen (secondary N) is 2. The molecule has 2 aromatic carbocycles. The molecule has 0 saturated heterocycles. The van der Waals surface area contributed by atoms with Crippen molar-refractivity contribution in [2.24, 2.45) is 0 Å². The van der Waals surface area contributed by atoms with E-state index in [2.05, 4.69) is 15.8 Å². The van der Waals surface area contributed by atoms with Crippen LogP contribution in [0.15, 0.2) is 59.1 Å². The Morgan fingerprint density at radius 3 is 2.57 bits per heavy atom. The Morgan fingerprint density at radius 1 is 1.13 bits per heavy atom. The Hall–Kier alpha value is -3.68. The summed E-state index contributed by atoms with van der Waals surface area (Å²) < 4.78 is 24.4. The third-order valence-corrected chi connectivity index (χ3v) is 4.39. The standard InChI is InChI=1S/C22H22FN3O4/c1-3-14(2)24-22(28)20-12-17(30-26-20)13-29-16-10-8-15(9-11-16)25-21(27)18-6-4-5-7-19(18)23/h4-12,14H,3,13H2,1-2H3,(H,24,28)(H,25,27)/t14-/m0/s1. The second kappa shape index (κ2) is 9.69. The van der Waals surface area contributed by atoms with Crippen molar-refractivity contribution in [3.05, 3.63) is 77.4 Å². The Kier molecular flexibility index (Phi) is 6.79. The van der Waals surface area contributed by atoms with E-state index in [1.165, 1.54) is 24.3 Å². The molecule has 8 heteroatoms. The van der Waals surface area contributed by atoms with Crippen LogP contribution in [0.3, 0.4) is 0 Å². The number of carbonyl (C=O) groups is 2. The summed E-state index contributed by atoms with van der Waals surface area (Å²) in [6.45, 7) is 3.97. The Bertz CT molecular complexity index is 1020. The third kappa shape index (κ3) is 5.44. The van der Waals surface area contributed by atoms with Gasteiger partial charge in [-0.25, -0.2) is 4.39 Å². The first-order valence-corrected chi connectivity index (χ1v) is 9.51. The second-order valence-electron chi connectivity index (χ2n) is 6.71. The summed E-state index contributed by atoms with van der Waals surface area (Å²) >= 11 is 0. The van der Waals surface area contributed by atoms with E-state index in [0.29, 0.717) is 17.2 Å². The van der Waals surface area contributed by atoms with Gasteiger partial charge in [0, 0.05) is 17.8 Å². The van der Waals surface area contributed by atoms with Crippen LogP contribution in [-0.4, -0.2) is 23.0 Å². The van der Waals surface area contributed by atoms with Gasteiger partial charge in [-0.05, 0) is 49.7 Å². The first kappa shape index (κ1) is 21.0. The number of carbonyl (C=O) groups excluding carboxylic acids is 2. The summed E-state index contributed by atoms with van der Waals surface area (Å²) in [5.74, 6) is -0.484. The predicted molar refractivity (Wildman–Crippen MR) is 109 cm³/mol. The van der Waals surface area contributed by atoms with Crippen molar-refractivity contribution in [2.75, 3.05) is 5.32 Å². The molecule has 1 heterocycles. The minimum atomic E-state index is -0.584. The molecule has 0 aliphatic carbocycles. The van der Waals surface area contributed by atoms with Gasteiger partial charge >= 0.3 is 0 Å². The van der Waals surface area contributed by atoms with E-state index >= 15 is 0 Å². The molecule has 156 valence electrons. The van der Waals surface area contributed by atoms with E-state index in [1.807, 2.05) is 13.8 Å². The number of nitrogens with zero attached hydrogens (tertiary/aromatic N) is 1. The first-order chi connectivity index (χ1) is 14.5. The molecule has 3 aromatic rings. The fourth-order valence-corrected chi connectivity index (χ4v) is 2.52. The zero-order chi connectivity index (χ0) is 21.5. The number of anilines is 1. The van der Waals surface area contributed by atoms with Gasteiger partial charge in [0.15, 0.2) is 11.5 Å². The quantitative estimate of drug-likeness (QED) is 0.580. The number of hydrogen-bond acceptors (Lipinski definition) is 5. The maximum absolute atomic E-state index is 13.7. The molecular formula is C22H22FN3O4. The topological polar surface area (TPSA) is 93.5 Å². The lowest BCUT2D eigenvalue weighted by Gasteiger charge is -2.08. The monoisotopic (exact) mass is 411 g/mol. The molecule has 30 heavy (non-hydrogen) atoms. The number of rotatable bonds is 8. The number of amides is 2. The van der Waals surface area contributed by atoms with Crippen LogP contribution in [0.5, 0.6) is 5.75 Å². The van der Waals surface area contributed by atoms with Crippen LogP contribution in [0, 0.1) is 5.82 Å². The van der Waals surface area contributed by atoms with Crippen LogP contribution >= 0.6 is 0 Å². The molecule has 0 aliphatic heterocycles. The van der Waals surface area contributed by atoms with Gasteiger partial charge in [0.2, 0.25) is 0 Å². The summed E-state index contributed by atoms with van der Waals surface area (Å²) in [4.78, 5) is 24.2. The molecule has 0 aliphatic rings. The first-order valence-electron chi connectivity index (χ1n) is 9.51. The van der Waals surface area contributed by atoms with Crippen molar-refractivity contribution in [1.29, 1.82) is 0 Å². The molecule has 1 atom stereocenters. The van der Waals surface area contributed by atoms with Crippen LogP contribution in [0.25, 0.3) is 0 Å². The lowest BCUT2D eigenvalue weighted by Crippen LogP contribution is -2.32. The number of ether oxygens (including phenoxy) is 1. The summed E-state index contributed by atoms with van der Waals surface area (Å²) in [7, 11) is 0. The van der Waals surface area contributed by atoms with Crippen LogP contribution in [0.2, 0.25) is 0 Å². The van der Waals surface area contributed by atoms with Crippen molar-refractivity contribution in [1.82, 2.24) is 10.5 Å². The molecule has 1 aromatic heterocycles. The van der Waals surface area contributed by atoms with Crippen LogP contribution in [0.1, 0.15) is 46.9 Å². The van der Waals surface area contributed by atoms with Gasteiger partial charge in [-0.15, -0.1) is 0 Å². The Labute approximate surface area is 173 Å². The van der Waals surface area contributed by atoms with Crippen molar-refractivity contribution < 1.29 is 23.2 Å². The van der Waals surface area contributed by atoms with E-state index < -0.39 is 11.7 Å². The van der Waals surface area contributed by atoms with Gasteiger partial charge in [0.05, 0.1) is 5.56 Å². The van der Waals surface area contributed by atoms with Crippen LogP contribution < -0.4 is 15.4 Å². The zero-order valence-electron chi connectivity index (χ0n) is 16.6. The average molecular weight is 411 g/mol. The van der Waals surface area contributed by atoms with E-state index in [4.69, 9.17) is 9.26 Å². The molecule has 2 amide bonds. The summed E-state index contributed by atoms with van der Waals surface area (Å²) in [6, 6.07) is 13.9. The number of halogens is 1. The van der Waals surface area contributed by atoms with Gasteiger partial charge in [-0.1, -0.05) is 24.2 Å². The van der Waals surface area contributed by atoms with E-state index in [0.717, 1.165) is 6.42 Å². The second-order valence-corrected chi connectivity index (χ2v) is 6.71. The lowest BCUT2D eigenvalue weighted by atomic mass is 10.2. The summed E-state index contributed by atoms with van der Waals surface area (Å²) in [6.07, 6.45) is 0.816. The molecule has 0 bridgehead atoms. The van der Waals surface area contributed by atoms with Gasteiger partial charge in [-0.3, -0.25) is 9.59 Å². The molecule has 0 saturated carbocycles. The molecule has 0 spiro atoms. The minimum Gasteiger partial charge on any atom is -0.486 e. The molecular weight excluding hydrogens is 389 g/mol. The SMILES string of the molecule is CC[C@H](C)NC(=O)c1cc(COc2ccc(NC(=O)c3ccccc3F)cc2)on1. The smallest absolute Gasteiger partial charge is 0.273 e. The molecule has 0 fully saturated rings. The molecule has 2 N–H and O–H groups in total. The minimum absolute atomic E-state index is 0.0312. The van der Waals surface area contributed by atoms with Crippen LogP contribution in [-0.2, 0) is 6.61 Å². The highest BCUT2D eigenvalue weighted by molar-refractivity contribution is 6.04. The number of aromatic nitrogens is 1. The van der Waals surface area contributed by atoms with Gasteiger partial charge in [0.25, 0.3) is 11.8 Å². The zero-order valence-corrected chi connectivity index (χ0v) is 16.6. The number of hydrogen-bond donors (Lipinski definition) is 2. The van der Waals surface area contributed by atoms with E-state index in [9.17, 15) is 14.0 Å². The Morgan fingerprint density at radius 2 is 1.87 bits per heavy atom. The summed E-state index contributed by atoms with van der Waals surface area (Å²) in [5, 5.41) is 9.19. The maximum Gasteiger partial charge on any atom is 0.273 e. The molecule has 0 unspecified atom stereocenters. The van der Waals surface area contributed by atoms with Crippen molar-refractivity contribution in [3.63, 3.8) is 0 Å². The average Bonchev–Trinajstić information content (AvgIpc) is 3.22. The fraction of sp³-hybridized carbons (Fsp3) is 0.227. The summed E-state index contributed by atoms with van der Waals surface area (Å²) in [5.41, 5.74) is 0.663. The molecule has 0 radical (unpaired) electrons. The predicted octanol–water partition coefficient (Wildman–Crippen LogP) is 4.17. The lowest BCUT2D eigenvalue weighted by molar-refractivity contribution is 0.0929. The molecule has 3 rings (SSSR count). The van der Waals surface area contributed by atoms with Gasteiger partial charge in [-0.2, -0.15) is 0 Å². The van der Waals surface area contributed by atoms with Gasteiger partial charge in [0.1, 0.15) is 18.2 Å². The largest absolute Gasteiger partial charge is 0.486 e. The van der Waals surface area contributed by atoms with Crippen molar-refractivity contribution in [2.45, 2.75) is 32.9 Å². The normalized spacial score (nSPS) is 11.6. The maximum atomic E-state index is 13.7.